The Morgan fingerprint density at radius 1 is 1.67 bits per heavy atom. The summed E-state index contributed by atoms with van der Waals surface area (Å²) in [6.45, 7) is 2.09. The van der Waals surface area contributed by atoms with Crippen molar-refractivity contribution in [3.63, 3.8) is 0 Å². The molecule has 0 amide bonds. The van der Waals surface area contributed by atoms with Crippen molar-refractivity contribution >= 4 is 11.3 Å². The van der Waals surface area contributed by atoms with Crippen molar-refractivity contribution in [2.24, 2.45) is 0 Å². The van der Waals surface area contributed by atoms with Gasteiger partial charge in [0, 0.05) is 10.3 Å². The number of aryl methyl sites for hydroxylation is 1. The lowest BCUT2D eigenvalue weighted by atomic mass is 10.3. The molecule has 0 unspecified atom stereocenters. The van der Waals surface area contributed by atoms with E-state index < -0.39 is 0 Å². The normalized spacial score (nSPS) is 10.0. The van der Waals surface area contributed by atoms with E-state index in [0.29, 0.717) is 0 Å². The van der Waals surface area contributed by atoms with Crippen molar-refractivity contribution < 1.29 is 4.39 Å². The highest BCUT2D eigenvalue weighted by molar-refractivity contribution is 7.09. The fourth-order valence-electron chi connectivity index (χ4n) is 0.731. The second-order valence-electron chi connectivity index (χ2n) is 1.98. The van der Waals surface area contributed by atoms with Crippen LogP contribution in [0.1, 0.15) is 18.2 Å². The predicted octanol–water partition coefficient (Wildman–Crippen LogP) is 2.84. The van der Waals surface area contributed by atoms with E-state index in [0.717, 1.165) is 17.7 Å². The first kappa shape index (κ1) is 6.75. The maximum absolute atomic E-state index is 12.3. The van der Waals surface area contributed by atoms with Crippen LogP contribution in [0.5, 0.6) is 0 Å². The van der Waals surface area contributed by atoms with Crippen LogP contribution in [-0.4, -0.2) is 0 Å². The molecule has 0 bridgehead atoms. The Balaban J connectivity index is 2.61. The van der Waals surface area contributed by atoms with Crippen LogP contribution in [0, 0.1) is 5.82 Å². The molecular formula is C7H9FS. The highest BCUT2D eigenvalue weighted by Crippen LogP contribution is 2.14. The standard InChI is InChI=1S/C7H9FS/c1-2-3-7-4-6(8)5-9-7/h4-5H,2-3H2,1H3. The summed E-state index contributed by atoms with van der Waals surface area (Å²) < 4.78 is 12.3. The smallest absolute Gasteiger partial charge is 0.134 e. The Kier molecular flexibility index (Phi) is 2.22. The predicted molar refractivity (Wildman–Crippen MR) is 38.3 cm³/mol. The summed E-state index contributed by atoms with van der Waals surface area (Å²) in [6.07, 6.45) is 2.11. The second-order valence-corrected chi connectivity index (χ2v) is 2.98. The SMILES string of the molecule is CCCc1cc(F)cs1. The summed E-state index contributed by atoms with van der Waals surface area (Å²) in [5.41, 5.74) is 0. The van der Waals surface area contributed by atoms with Crippen LogP contribution in [-0.2, 0) is 6.42 Å². The van der Waals surface area contributed by atoms with E-state index in [4.69, 9.17) is 0 Å². The van der Waals surface area contributed by atoms with Crippen molar-refractivity contribution in [1.29, 1.82) is 0 Å². The minimum absolute atomic E-state index is 0.0940. The highest BCUT2D eigenvalue weighted by Gasteiger charge is 1.95. The molecule has 1 heterocycles. The maximum atomic E-state index is 12.3. The topological polar surface area (TPSA) is 0 Å². The third kappa shape index (κ3) is 1.79. The number of halogens is 1. The van der Waals surface area contributed by atoms with Gasteiger partial charge in [-0.1, -0.05) is 13.3 Å². The molecule has 0 N–H and O–H groups in total. The van der Waals surface area contributed by atoms with Gasteiger partial charge in [-0.2, -0.15) is 0 Å². The molecule has 0 saturated heterocycles. The quantitative estimate of drug-likeness (QED) is 0.598. The number of rotatable bonds is 2. The van der Waals surface area contributed by atoms with Gasteiger partial charge in [0.25, 0.3) is 0 Å². The summed E-state index contributed by atoms with van der Waals surface area (Å²) in [4.78, 5) is 1.15. The van der Waals surface area contributed by atoms with Gasteiger partial charge >= 0.3 is 0 Å². The molecule has 0 spiro atoms. The van der Waals surface area contributed by atoms with E-state index in [9.17, 15) is 4.39 Å². The molecule has 0 aliphatic heterocycles. The zero-order valence-corrected chi connectivity index (χ0v) is 6.17. The third-order valence-electron chi connectivity index (χ3n) is 1.12. The first-order valence-electron chi connectivity index (χ1n) is 3.06. The average Bonchev–Trinajstić information content (AvgIpc) is 2.17. The minimum Gasteiger partial charge on any atom is -0.206 e. The minimum atomic E-state index is -0.0940. The van der Waals surface area contributed by atoms with Crippen LogP contribution in [0.2, 0.25) is 0 Å². The van der Waals surface area contributed by atoms with Gasteiger partial charge in [0.1, 0.15) is 5.82 Å². The van der Waals surface area contributed by atoms with Crippen LogP contribution in [0.4, 0.5) is 4.39 Å². The molecule has 1 rings (SSSR count). The fraction of sp³-hybridized carbons (Fsp3) is 0.429. The Bertz CT molecular complexity index is 181. The summed E-state index contributed by atoms with van der Waals surface area (Å²) in [6, 6.07) is 1.61. The molecule has 0 radical (unpaired) electrons. The lowest BCUT2D eigenvalue weighted by Crippen LogP contribution is -1.72. The van der Waals surface area contributed by atoms with Gasteiger partial charge in [-0.05, 0) is 12.5 Å². The Morgan fingerprint density at radius 2 is 2.44 bits per heavy atom. The van der Waals surface area contributed by atoms with Gasteiger partial charge in [-0.3, -0.25) is 0 Å². The molecule has 0 aliphatic rings. The molecular weight excluding hydrogens is 135 g/mol. The lowest BCUT2D eigenvalue weighted by molar-refractivity contribution is 0.632. The highest BCUT2D eigenvalue weighted by atomic mass is 32.1. The van der Waals surface area contributed by atoms with Crippen molar-refractivity contribution in [3.05, 3.63) is 22.1 Å². The van der Waals surface area contributed by atoms with E-state index in [1.165, 1.54) is 11.3 Å². The van der Waals surface area contributed by atoms with Crippen molar-refractivity contribution in [2.75, 3.05) is 0 Å². The molecule has 1 aromatic heterocycles. The fourth-order valence-corrected chi connectivity index (χ4v) is 1.57. The zero-order valence-electron chi connectivity index (χ0n) is 5.36. The first-order valence-corrected chi connectivity index (χ1v) is 3.94. The summed E-state index contributed by atoms with van der Waals surface area (Å²) >= 11 is 1.50. The number of hydrogen-bond acceptors (Lipinski definition) is 1. The van der Waals surface area contributed by atoms with Gasteiger partial charge in [-0.15, -0.1) is 11.3 Å². The zero-order chi connectivity index (χ0) is 6.69. The molecule has 0 aromatic carbocycles. The van der Waals surface area contributed by atoms with Gasteiger partial charge in [-0.25, -0.2) is 4.39 Å². The maximum Gasteiger partial charge on any atom is 0.134 e. The molecule has 9 heavy (non-hydrogen) atoms. The van der Waals surface area contributed by atoms with E-state index in [1.807, 2.05) is 0 Å². The summed E-state index contributed by atoms with van der Waals surface area (Å²) in [5.74, 6) is -0.0940. The molecule has 1 aromatic rings. The van der Waals surface area contributed by atoms with E-state index in [1.54, 1.807) is 11.4 Å². The molecule has 50 valence electrons. The van der Waals surface area contributed by atoms with E-state index in [2.05, 4.69) is 6.92 Å². The Morgan fingerprint density at radius 3 is 2.89 bits per heavy atom. The molecule has 0 fully saturated rings. The van der Waals surface area contributed by atoms with Crippen molar-refractivity contribution in [1.82, 2.24) is 0 Å². The Labute approximate surface area is 58.3 Å². The van der Waals surface area contributed by atoms with Crippen LogP contribution < -0.4 is 0 Å². The second kappa shape index (κ2) is 2.97. The third-order valence-corrected chi connectivity index (χ3v) is 2.09. The van der Waals surface area contributed by atoms with Crippen LogP contribution in [0.3, 0.4) is 0 Å². The van der Waals surface area contributed by atoms with Crippen molar-refractivity contribution in [2.45, 2.75) is 19.8 Å². The number of thiophene rings is 1. The Hall–Kier alpha value is -0.370. The monoisotopic (exact) mass is 144 g/mol. The molecule has 2 heteroatoms. The van der Waals surface area contributed by atoms with Gasteiger partial charge in [0.15, 0.2) is 0 Å². The van der Waals surface area contributed by atoms with Crippen LogP contribution in [0.25, 0.3) is 0 Å². The molecule has 0 aliphatic carbocycles. The van der Waals surface area contributed by atoms with Crippen molar-refractivity contribution in [3.8, 4) is 0 Å². The van der Waals surface area contributed by atoms with Gasteiger partial charge in [0.05, 0.1) is 0 Å². The molecule has 0 atom stereocenters. The molecule has 0 saturated carbocycles. The lowest BCUT2D eigenvalue weighted by Gasteiger charge is -1.85. The first-order chi connectivity index (χ1) is 4.33. The van der Waals surface area contributed by atoms with E-state index >= 15 is 0 Å². The van der Waals surface area contributed by atoms with Crippen LogP contribution in [0.15, 0.2) is 11.4 Å². The number of hydrogen-bond donors (Lipinski definition) is 0. The average molecular weight is 144 g/mol. The largest absolute Gasteiger partial charge is 0.206 e. The summed E-state index contributed by atoms with van der Waals surface area (Å²) in [5, 5.41) is 1.55. The molecule has 0 nitrogen and oxygen atoms in total. The van der Waals surface area contributed by atoms with Gasteiger partial charge < -0.3 is 0 Å². The van der Waals surface area contributed by atoms with Gasteiger partial charge in [0.2, 0.25) is 0 Å². The van der Waals surface area contributed by atoms with Crippen LogP contribution >= 0.6 is 11.3 Å². The summed E-state index contributed by atoms with van der Waals surface area (Å²) in [7, 11) is 0. The van der Waals surface area contributed by atoms with E-state index in [-0.39, 0.29) is 5.82 Å².